The maximum Gasteiger partial charge on any atom is 0.116 e. The molecule has 0 unspecified atom stereocenters. The summed E-state index contributed by atoms with van der Waals surface area (Å²) in [6.45, 7) is 11.1. The number of hydrogen-bond donors (Lipinski definition) is 1. The van der Waals surface area contributed by atoms with Gasteiger partial charge in [0, 0.05) is 19.8 Å². The Kier molecular flexibility index (Phi) is 5.02. The van der Waals surface area contributed by atoms with Crippen LogP contribution in [0.4, 0.5) is 0 Å². The van der Waals surface area contributed by atoms with Crippen LogP contribution in [-0.2, 0) is 0 Å². The zero-order chi connectivity index (χ0) is 13.7. The lowest BCUT2D eigenvalue weighted by Crippen LogP contribution is -2.09. The predicted molar refractivity (Wildman–Crippen MR) is 78.7 cm³/mol. The summed E-state index contributed by atoms with van der Waals surface area (Å²) in [5.41, 5.74) is 3.17. The average molecular weight is 245 g/mol. The Bertz CT molecular complexity index is 446. The Morgan fingerprint density at radius 3 is 2.56 bits per heavy atom. The van der Waals surface area contributed by atoms with Gasteiger partial charge in [0.05, 0.1) is 0 Å². The van der Waals surface area contributed by atoms with Crippen molar-refractivity contribution in [1.82, 2.24) is 4.90 Å². The smallest absolute Gasteiger partial charge is 0.116 e. The topological polar surface area (TPSA) is 23.5 Å². The largest absolute Gasteiger partial charge is 0.508 e. The highest BCUT2D eigenvalue weighted by molar-refractivity contribution is 5.74. The summed E-state index contributed by atoms with van der Waals surface area (Å²) in [5, 5.41) is 9.80. The van der Waals surface area contributed by atoms with Crippen LogP contribution in [0, 0.1) is 0 Å². The molecule has 0 aromatic heterocycles. The fraction of sp³-hybridized carbons (Fsp3) is 0.375. The van der Waals surface area contributed by atoms with Crippen LogP contribution < -0.4 is 0 Å². The highest BCUT2D eigenvalue weighted by Gasteiger charge is 2.06. The molecule has 0 spiro atoms. The molecule has 1 rings (SSSR count). The third-order valence-electron chi connectivity index (χ3n) is 3.02. The van der Waals surface area contributed by atoms with Gasteiger partial charge >= 0.3 is 0 Å². The number of benzene rings is 1. The lowest BCUT2D eigenvalue weighted by molar-refractivity contribution is 0.473. The van der Waals surface area contributed by atoms with Crippen LogP contribution in [-0.4, -0.2) is 23.6 Å². The molecule has 0 radical (unpaired) electrons. The minimum atomic E-state index is 0.308. The molecule has 0 saturated carbocycles. The highest BCUT2D eigenvalue weighted by atomic mass is 16.3. The summed E-state index contributed by atoms with van der Waals surface area (Å²) < 4.78 is 0. The van der Waals surface area contributed by atoms with Crippen LogP contribution in [0.1, 0.15) is 37.8 Å². The second-order valence-electron chi connectivity index (χ2n) is 4.83. The molecule has 1 aromatic rings. The molecular formula is C16H23NO. The summed E-state index contributed by atoms with van der Waals surface area (Å²) in [6, 6.07) is 5.71. The molecule has 2 nitrogen and oxygen atoms in total. The molecule has 0 amide bonds. The summed E-state index contributed by atoms with van der Waals surface area (Å²) in [4.78, 5) is 2.09. The van der Waals surface area contributed by atoms with Gasteiger partial charge in [0.15, 0.2) is 0 Å². The lowest BCUT2D eigenvalue weighted by Gasteiger charge is -2.15. The molecule has 0 heterocycles. The fourth-order valence-corrected chi connectivity index (χ4v) is 1.71. The number of phenolic OH excluding ortho intramolecular Hbond substituents is 1. The number of rotatable bonds is 5. The van der Waals surface area contributed by atoms with E-state index in [1.165, 1.54) is 0 Å². The summed E-state index contributed by atoms with van der Waals surface area (Å²) in [5.74, 6) is 0.703. The molecule has 1 N–H and O–H groups in total. The van der Waals surface area contributed by atoms with Gasteiger partial charge < -0.3 is 10.0 Å². The van der Waals surface area contributed by atoms with E-state index >= 15 is 0 Å². The Labute approximate surface area is 110 Å². The van der Waals surface area contributed by atoms with Gasteiger partial charge in [-0.3, -0.25) is 0 Å². The van der Waals surface area contributed by atoms with Crippen LogP contribution in [0.15, 0.2) is 37.1 Å². The van der Waals surface area contributed by atoms with Gasteiger partial charge in [0.2, 0.25) is 0 Å². The zero-order valence-corrected chi connectivity index (χ0v) is 11.8. The number of aromatic hydroxyl groups is 1. The Morgan fingerprint density at radius 2 is 2.06 bits per heavy atom. The van der Waals surface area contributed by atoms with Crippen molar-refractivity contribution in [2.75, 3.05) is 13.6 Å². The minimum absolute atomic E-state index is 0.308. The summed E-state index contributed by atoms with van der Waals surface area (Å²) >= 11 is 0. The average Bonchev–Trinajstić information content (AvgIpc) is 2.34. The third-order valence-corrected chi connectivity index (χ3v) is 3.02. The Morgan fingerprint density at radius 1 is 1.39 bits per heavy atom. The first-order chi connectivity index (χ1) is 8.47. The van der Waals surface area contributed by atoms with E-state index < -0.39 is 0 Å². The number of hydrogen-bond acceptors (Lipinski definition) is 2. The van der Waals surface area contributed by atoms with Crippen molar-refractivity contribution in [3.8, 4) is 5.75 Å². The summed E-state index contributed by atoms with van der Waals surface area (Å²) in [6.07, 6.45) is 3.87. The van der Waals surface area contributed by atoms with E-state index in [2.05, 4.69) is 38.3 Å². The molecule has 98 valence electrons. The predicted octanol–water partition coefficient (Wildman–Crippen LogP) is 3.99. The van der Waals surface area contributed by atoms with Crippen molar-refractivity contribution in [2.45, 2.75) is 26.7 Å². The molecule has 0 saturated heterocycles. The van der Waals surface area contributed by atoms with Crippen molar-refractivity contribution in [3.63, 3.8) is 0 Å². The van der Waals surface area contributed by atoms with Crippen molar-refractivity contribution in [3.05, 3.63) is 48.2 Å². The first-order valence-electron chi connectivity index (χ1n) is 6.36. The van der Waals surface area contributed by atoms with Crippen molar-refractivity contribution < 1.29 is 5.11 Å². The van der Waals surface area contributed by atoms with E-state index in [0.29, 0.717) is 11.7 Å². The molecule has 0 aliphatic heterocycles. The van der Waals surface area contributed by atoms with Crippen molar-refractivity contribution in [2.24, 2.45) is 0 Å². The first kappa shape index (κ1) is 14.4. The third kappa shape index (κ3) is 3.66. The molecule has 0 aliphatic rings. The van der Waals surface area contributed by atoms with Crippen LogP contribution in [0.5, 0.6) is 5.75 Å². The lowest BCUT2D eigenvalue weighted by atomic mass is 9.97. The van der Waals surface area contributed by atoms with Gasteiger partial charge in [0.25, 0.3) is 0 Å². The van der Waals surface area contributed by atoms with Crippen LogP contribution in [0.2, 0.25) is 0 Å². The molecule has 0 bridgehead atoms. The molecule has 0 fully saturated rings. The monoisotopic (exact) mass is 245 g/mol. The van der Waals surface area contributed by atoms with Crippen LogP contribution >= 0.6 is 0 Å². The Hall–Kier alpha value is -1.70. The first-order valence-corrected chi connectivity index (χ1v) is 6.36. The molecule has 0 aliphatic carbocycles. The van der Waals surface area contributed by atoms with Crippen LogP contribution in [0.25, 0.3) is 5.57 Å². The second-order valence-corrected chi connectivity index (χ2v) is 4.83. The molecule has 2 heteroatoms. The molecule has 18 heavy (non-hydrogen) atoms. The normalized spacial score (nSPS) is 11.7. The number of allylic oxidation sites excluding steroid dienone is 2. The number of nitrogens with zero attached hydrogens (tertiary/aromatic N) is 1. The van der Waals surface area contributed by atoms with E-state index in [0.717, 1.165) is 23.2 Å². The SMILES string of the molecule is C=C/C(=C\N(C)CC)c1cc(O)cc(C(C)C)c1. The maximum absolute atomic E-state index is 9.80. The zero-order valence-electron chi connectivity index (χ0n) is 11.8. The molecule has 0 atom stereocenters. The quantitative estimate of drug-likeness (QED) is 0.793. The number of phenols is 1. The maximum atomic E-state index is 9.80. The van der Waals surface area contributed by atoms with Gasteiger partial charge in [-0.05, 0) is 41.7 Å². The van der Waals surface area contributed by atoms with E-state index in [1.54, 1.807) is 6.07 Å². The van der Waals surface area contributed by atoms with Crippen molar-refractivity contribution >= 4 is 5.57 Å². The molecular weight excluding hydrogens is 222 g/mol. The van der Waals surface area contributed by atoms with E-state index in [4.69, 9.17) is 0 Å². The van der Waals surface area contributed by atoms with Crippen LogP contribution in [0.3, 0.4) is 0 Å². The Balaban J connectivity index is 3.21. The van der Waals surface area contributed by atoms with Gasteiger partial charge in [-0.1, -0.05) is 32.6 Å². The van der Waals surface area contributed by atoms with E-state index in [9.17, 15) is 5.11 Å². The standard InChI is InChI=1S/C16H23NO/c1-6-13(11-17(5)7-2)15-8-14(12(3)4)9-16(18)10-15/h6,8-12,18H,1,7H2,2-5H3/b13-11+. The highest BCUT2D eigenvalue weighted by Crippen LogP contribution is 2.26. The van der Waals surface area contributed by atoms with Gasteiger partial charge in [-0.15, -0.1) is 0 Å². The van der Waals surface area contributed by atoms with Gasteiger partial charge in [0.1, 0.15) is 5.75 Å². The fourth-order valence-electron chi connectivity index (χ4n) is 1.71. The minimum Gasteiger partial charge on any atom is -0.508 e. The van der Waals surface area contributed by atoms with Gasteiger partial charge in [-0.2, -0.15) is 0 Å². The van der Waals surface area contributed by atoms with Crippen molar-refractivity contribution in [1.29, 1.82) is 0 Å². The van der Waals surface area contributed by atoms with E-state index in [-0.39, 0.29) is 0 Å². The summed E-state index contributed by atoms with van der Waals surface area (Å²) in [7, 11) is 2.02. The van der Waals surface area contributed by atoms with Gasteiger partial charge in [-0.25, -0.2) is 0 Å². The molecule has 1 aromatic carbocycles. The van der Waals surface area contributed by atoms with E-state index in [1.807, 2.05) is 25.4 Å². The second kappa shape index (κ2) is 6.29.